The van der Waals surface area contributed by atoms with Gasteiger partial charge in [-0.3, -0.25) is 0 Å². The Morgan fingerprint density at radius 2 is 1.89 bits per heavy atom. The number of nitrogens with two attached hydrogens (primary N) is 2. The smallest absolute Gasteiger partial charge is 0.238 e. The fourth-order valence-corrected chi connectivity index (χ4v) is 1.84. The van der Waals surface area contributed by atoms with E-state index in [2.05, 4.69) is 13.8 Å². The molecule has 0 bridgehead atoms. The maximum atomic E-state index is 11.1. The number of primary sulfonamides is 1. The van der Waals surface area contributed by atoms with Crippen molar-refractivity contribution in [1.82, 2.24) is 0 Å². The molecule has 1 rings (SSSR count). The van der Waals surface area contributed by atoms with Gasteiger partial charge >= 0.3 is 0 Å². The van der Waals surface area contributed by atoms with Crippen LogP contribution in [0, 0.1) is 5.92 Å². The first-order valence-corrected chi connectivity index (χ1v) is 7.29. The van der Waals surface area contributed by atoms with Gasteiger partial charge in [0.05, 0.1) is 17.6 Å². The molecular weight excluding hydrogens is 252 g/mol. The summed E-state index contributed by atoms with van der Waals surface area (Å²) in [6.45, 7) is 6.48. The fourth-order valence-electron chi connectivity index (χ4n) is 1.30. The predicted molar refractivity (Wildman–Crippen MR) is 71.3 cm³/mol. The Morgan fingerprint density at radius 1 is 1.28 bits per heavy atom. The largest absolute Gasteiger partial charge is 0.398 e. The second kappa shape index (κ2) is 5.69. The molecule has 0 saturated heterocycles. The third kappa shape index (κ3) is 3.97. The van der Waals surface area contributed by atoms with E-state index in [1.165, 1.54) is 12.1 Å². The molecule has 0 amide bonds. The first-order chi connectivity index (χ1) is 8.21. The molecule has 4 N–H and O–H groups in total. The quantitative estimate of drug-likeness (QED) is 0.793. The lowest BCUT2D eigenvalue weighted by Crippen LogP contribution is -2.16. The van der Waals surface area contributed by atoms with Crippen molar-refractivity contribution in [2.75, 3.05) is 5.73 Å². The van der Waals surface area contributed by atoms with Crippen LogP contribution >= 0.6 is 0 Å². The van der Waals surface area contributed by atoms with Gasteiger partial charge in [-0.25, -0.2) is 13.6 Å². The van der Waals surface area contributed by atoms with Crippen LogP contribution in [0.15, 0.2) is 23.1 Å². The Labute approximate surface area is 108 Å². The van der Waals surface area contributed by atoms with E-state index < -0.39 is 10.0 Å². The predicted octanol–water partition coefficient (Wildman–Crippen LogP) is 1.48. The standard InChI is InChI=1S/C12H20N2O3S/c1-8(2)9(3)17-7-10-4-5-11(6-12(10)13)18(14,15)16/h4-6,8-9H,7,13H2,1-3H3,(H2,14,15,16). The number of anilines is 1. The topological polar surface area (TPSA) is 95.4 Å². The van der Waals surface area contributed by atoms with Crippen molar-refractivity contribution in [3.05, 3.63) is 23.8 Å². The summed E-state index contributed by atoms with van der Waals surface area (Å²) < 4.78 is 27.9. The number of ether oxygens (including phenoxy) is 1. The molecule has 1 atom stereocenters. The lowest BCUT2D eigenvalue weighted by atomic mass is 10.1. The zero-order valence-corrected chi connectivity index (χ0v) is 11.7. The van der Waals surface area contributed by atoms with Crippen molar-refractivity contribution >= 4 is 15.7 Å². The highest BCUT2D eigenvalue weighted by Gasteiger charge is 2.12. The van der Waals surface area contributed by atoms with Crippen LogP contribution in [-0.2, 0) is 21.4 Å². The van der Waals surface area contributed by atoms with Crippen LogP contribution in [0.25, 0.3) is 0 Å². The third-order valence-corrected chi connectivity index (χ3v) is 3.80. The van der Waals surface area contributed by atoms with E-state index in [0.29, 0.717) is 18.2 Å². The molecule has 0 aromatic heterocycles. The maximum Gasteiger partial charge on any atom is 0.238 e. The van der Waals surface area contributed by atoms with E-state index in [4.69, 9.17) is 15.6 Å². The summed E-state index contributed by atoms with van der Waals surface area (Å²) in [5.74, 6) is 0.412. The molecule has 0 aliphatic carbocycles. The molecule has 6 heteroatoms. The summed E-state index contributed by atoms with van der Waals surface area (Å²) in [5.41, 5.74) is 6.91. The van der Waals surface area contributed by atoms with E-state index in [0.717, 1.165) is 5.56 Å². The van der Waals surface area contributed by atoms with E-state index in [-0.39, 0.29) is 11.0 Å². The minimum absolute atomic E-state index is 0.0145. The number of hydrogen-bond donors (Lipinski definition) is 2. The molecule has 0 aliphatic rings. The zero-order chi connectivity index (χ0) is 13.9. The fraction of sp³-hybridized carbons (Fsp3) is 0.500. The number of nitrogen functional groups attached to an aromatic ring is 1. The summed E-state index contributed by atoms with van der Waals surface area (Å²) in [6, 6.07) is 4.42. The maximum absolute atomic E-state index is 11.1. The average Bonchev–Trinajstić information content (AvgIpc) is 2.25. The highest BCUT2D eigenvalue weighted by molar-refractivity contribution is 7.89. The van der Waals surface area contributed by atoms with Crippen LogP contribution in [0.4, 0.5) is 5.69 Å². The molecule has 5 nitrogen and oxygen atoms in total. The van der Waals surface area contributed by atoms with Gasteiger partial charge in [0.15, 0.2) is 0 Å². The summed E-state index contributed by atoms with van der Waals surface area (Å²) >= 11 is 0. The molecule has 0 heterocycles. The Bertz CT molecular complexity index is 512. The number of sulfonamides is 1. The summed E-state index contributed by atoms with van der Waals surface area (Å²) in [4.78, 5) is 0.0145. The Morgan fingerprint density at radius 3 is 2.33 bits per heavy atom. The molecule has 1 aromatic rings. The van der Waals surface area contributed by atoms with Gasteiger partial charge in [-0.2, -0.15) is 0 Å². The number of rotatable bonds is 5. The monoisotopic (exact) mass is 272 g/mol. The van der Waals surface area contributed by atoms with Gasteiger partial charge in [-0.15, -0.1) is 0 Å². The second-order valence-corrected chi connectivity index (χ2v) is 6.23. The highest BCUT2D eigenvalue weighted by Crippen LogP contribution is 2.19. The second-order valence-electron chi connectivity index (χ2n) is 4.67. The first kappa shape index (κ1) is 14.9. The molecule has 1 unspecified atom stereocenters. The van der Waals surface area contributed by atoms with Gasteiger partial charge in [-0.05, 0) is 25.0 Å². The molecule has 102 valence electrons. The van der Waals surface area contributed by atoms with Crippen molar-refractivity contribution in [2.45, 2.75) is 38.4 Å². The molecule has 0 saturated carbocycles. The minimum Gasteiger partial charge on any atom is -0.398 e. The van der Waals surface area contributed by atoms with E-state index >= 15 is 0 Å². The molecule has 0 fully saturated rings. The van der Waals surface area contributed by atoms with E-state index in [9.17, 15) is 8.42 Å². The van der Waals surface area contributed by atoms with Gasteiger partial charge in [0.25, 0.3) is 0 Å². The minimum atomic E-state index is -3.71. The van der Waals surface area contributed by atoms with E-state index in [1.54, 1.807) is 6.07 Å². The first-order valence-electron chi connectivity index (χ1n) is 5.74. The summed E-state index contributed by atoms with van der Waals surface area (Å²) in [5, 5.41) is 5.02. The molecule has 0 radical (unpaired) electrons. The van der Waals surface area contributed by atoms with Gasteiger partial charge in [0, 0.05) is 11.3 Å². The van der Waals surface area contributed by atoms with Crippen LogP contribution in [0.2, 0.25) is 0 Å². The SMILES string of the molecule is CC(C)C(C)OCc1ccc(S(N)(=O)=O)cc1N. The van der Waals surface area contributed by atoms with Gasteiger partial charge in [-0.1, -0.05) is 19.9 Å². The van der Waals surface area contributed by atoms with Crippen molar-refractivity contribution < 1.29 is 13.2 Å². The summed E-state index contributed by atoms with van der Waals surface area (Å²) in [7, 11) is -3.71. The van der Waals surface area contributed by atoms with Crippen LogP contribution in [0.5, 0.6) is 0 Å². The third-order valence-electron chi connectivity index (χ3n) is 2.89. The average molecular weight is 272 g/mol. The Hall–Kier alpha value is -1.11. The van der Waals surface area contributed by atoms with Crippen molar-refractivity contribution in [3.8, 4) is 0 Å². The van der Waals surface area contributed by atoms with Crippen molar-refractivity contribution in [3.63, 3.8) is 0 Å². The lowest BCUT2D eigenvalue weighted by Gasteiger charge is -2.17. The van der Waals surface area contributed by atoms with Crippen LogP contribution < -0.4 is 10.9 Å². The summed E-state index contributed by atoms with van der Waals surface area (Å²) in [6.07, 6.45) is 0.113. The molecular formula is C12H20N2O3S. The van der Waals surface area contributed by atoms with Crippen LogP contribution in [0.1, 0.15) is 26.3 Å². The van der Waals surface area contributed by atoms with Crippen molar-refractivity contribution in [2.24, 2.45) is 11.1 Å². The van der Waals surface area contributed by atoms with E-state index in [1.807, 2.05) is 6.92 Å². The Balaban J connectivity index is 2.81. The lowest BCUT2D eigenvalue weighted by molar-refractivity contribution is 0.0238. The van der Waals surface area contributed by atoms with Crippen LogP contribution in [0.3, 0.4) is 0 Å². The normalized spacial score (nSPS) is 13.8. The highest BCUT2D eigenvalue weighted by atomic mass is 32.2. The van der Waals surface area contributed by atoms with Crippen molar-refractivity contribution in [1.29, 1.82) is 0 Å². The molecule has 18 heavy (non-hydrogen) atoms. The molecule has 1 aromatic carbocycles. The zero-order valence-electron chi connectivity index (χ0n) is 10.9. The molecule has 0 spiro atoms. The Kier molecular flexibility index (Phi) is 4.72. The number of hydrogen-bond acceptors (Lipinski definition) is 4. The van der Waals surface area contributed by atoms with Gasteiger partial charge in [0.1, 0.15) is 0 Å². The number of benzene rings is 1. The van der Waals surface area contributed by atoms with Crippen LogP contribution in [-0.4, -0.2) is 14.5 Å². The molecule has 0 aliphatic heterocycles. The van der Waals surface area contributed by atoms with Gasteiger partial charge in [0.2, 0.25) is 10.0 Å². The van der Waals surface area contributed by atoms with Gasteiger partial charge < -0.3 is 10.5 Å².